The Labute approximate surface area is 148 Å². The van der Waals surface area contributed by atoms with Gasteiger partial charge in [0, 0.05) is 25.2 Å². The van der Waals surface area contributed by atoms with Crippen LogP contribution in [-0.4, -0.2) is 47.6 Å². The molecule has 0 radical (unpaired) electrons. The first-order valence-electron chi connectivity index (χ1n) is 8.11. The highest BCUT2D eigenvalue weighted by molar-refractivity contribution is 5.92. The molecule has 1 aromatic rings. The van der Waals surface area contributed by atoms with Crippen LogP contribution in [0.25, 0.3) is 6.08 Å². The average Bonchev–Trinajstić information content (AvgIpc) is 2.60. The highest BCUT2D eigenvalue weighted by Crippen LogP contribution is 2.39. The number of hydrogen-bond donors (Lipinski definition) is 2. The molecule has 0 bridgehead atoms. The smallest absolute Gasteiger partial charge is 0.311 e. The van der Waals surface area contributed by atoms with Crippen LogP contribution in [0.1, 0.15) is 24.8 Å². The SMILES string of the molecule is Cl.O=C(C=Cc1ccccc1)N1CC[C@@]2(C(=O)O)CCCN[C@@H]2C1. The van der Waals surface area contributed by atoms with Gasteiger partial charge < -0.3 is 15.3 Å². The van der Waals surface area contributed by atoms with Gasteiger partial charge in [-0.05, 0) is 37.4 Å². The minimum atomic E-state index is -0.735. The Morgan fingerprint density at radius 1 is 1.25 bits per heavy atom. The number of carboxylic acids is 1. The van der Waals surface area contributed by atoms with E-state index in [0.29, 0.717) is 25.9 Å². The van der Waals surface area contributed by atoms with Crippen molar-refractivity contribution in [1.29, 1.82) is 0 Å². The molecule has 2 heterocycles. The van der Waals surface area contributed by atoms with E-state index < -0.39 is 11.4 Å². The summed E-state index contributed by atoms with van der Waals surface area (Å²) in [5.41, 5.74) is 0.270. The Morgan fingerprint density at radius 3 is 2.71 bits per heavy atom. The lowest BCUT2D eigenvalue weighted by Crippen LogP contribution is -2.63. The summed E-state index contributed by atoms with van der Waals surface area (Å²) in [5.74, 6) is -0.790. The summed E-state index contributed by atoms with van der Waals surface area (Å²) in [7, 11) is 0. The molecule has 0 unspecified atom stereocenters. The molecule has 6 heteroatoms. The molecule has 1 aromatic carbocycles. The maximum Gasteiger partial charge on any atom is 0.311 e. The number of carboxylic acid groups (broad SMARTS) is 1. The predicted octanol–water partition coefficient (Wildman–Crippen LogP) is 2.18. The number of carbonyl (C=O) groups excluding carboxylic acids is 1. The minimum Gasteiger partial charge on any atom is -0.481 e. The van der Waals surface area contributed by atoms with Crippen LogP contribution < -0.4 is 5.32 Å². The number of aliphatic carboxylic acids is 1. The van der Waals surface area contributed by atoms with Crippen molar-refractivity contribution in [2.45, 2.75) is 25.3 Å². The molecule has 5 nitrogen and oxygen atoms in total. The Morgan fingerprint density at radius 2 is 2.00 bits per heavy atom. The summed E-state index contributed by atoms with van der Waals surface area (Å²) in [6.45, 7) is 1.79. The quantitative estimate of drug-likeness (QED) is 0.820. The Bertz CT molecular complexity index is 620. The van der Waals surface area contributed by atoms with Crippen molar-refractivity contribution in [2.75, 3.05) is 19.6 Å². The lowest BCUT2D eigenvalue weighted by molar-refractivity contribution is -0.158. The van der Waals surface area contributed by atoms with Gasteiger partial charge >= 0.3 is 5.97 Å². The van der Waals surface area contributed by atoms with Crippen molar-refractivity contribution in [3.05, 3.63) is 42.0 Å². The normalized spacial score (nSPS) is 26.5. The van der Waals surface area contributed by atoms with E-state index in [4.69, 9.17) is 0 Å². The number of nitrogens with zero attached hydrogens (tertiary/aromatic N) is 1. The number of fused-ring (bicyclic) bond motifs is 1. The van der Waals surface area contributed by atoms with Gasteiger partial charge in [-0.15, -0.1) is 12.4 Å². The molecule has 0 aliphatic carbocycles. The number of amides is 1. The average molecular weight is 351 g/mol. The Balaban J connectivity index is 0.00000208. The first kappa shape index (κ1) is 18.5. The molecule has 24 heavy (non-hydrogen) atoms. The second-order valence-electron chi connectivity index (χ2n) is 6.35. The fraction of sp³-hybridized carbons (Fsp3) is 0.444. The Kier molecular flexibility index (Phi) is 6.02. The number of benzene rings is 1. The van der Waals surface area contributed by atoms with Crippen LogP contribution in [-0.2, 0) is 9.59 Å². The van der Waals surface area contributed by atoms with Crippen LogP contribution in [0.2, 0.25) is 0 Å². The molecule has 3 rings (SSSR count). The van der Waals surface area contributed by atoms with Gasteiger partial charge in [0.25, 0.3) is 0 Å². The van der Waals surface area contributed by atoms with Crippen molar-refractivity contribution in [1.82, 2.24) is 10.2 Å². The molecule has 2 N–H and O–H groups in total. The highest BCUT2D eigenvalue weighted by atomic mass is 35.5. The molecule has 0 spiro atoms. The van der Waals surface area contributed by atoms with Gasteiger partial charge in [-0.1, -0.05) is 30.3 Å². The third-order valence-electron chi connectivity index (χ3n) is 5.04. The Hall–Kier alpha value is -1.85. The third kappa shape index (κ3) is 3.62. The molecule has 0 aromatic heterocycles. The number of nitrogens with one attached hydrogen (secondary N) is 1. The molecule has 2 aliphatic heterocycles. The molecular weight excluding hydrogens is 328 g/mol. The highest BCUT2D eigenvalue weighted by Gasteiger charge is 2.50. The number of likely N-dealkylation sites (tertiary alicyclic amines) is 1. The molecular formula is C18H23ClN2O3. The number of hydrogen-bond acceptors (Lipinski definition) is 3. The zero-order chi connectivity index (χ0) is 16.3. The van der Waals surface area contributed by atoms with Crippen molar-refractivity contribution in [3.63, 3.8) is 0 Å². The molecule has 2 aliphatic rings. The zero-order valence-corrected chi connectivity index (χ0v) is 14.3. The van der Waals surface area contributed by atoms with Crippen LogP contribution in [0.4, 0.5) is 0 Å². The van der Waals surface area contributed by atoms with E-state index in [0.717, 1.165) is 18.5 Å². The summed E-state index contributed by atoms with van der Waals surface area (Å²) in [6.07, 6.45) is 5.47. The summed E-state index contributed by atoms with van der Waals surface area (Å²) in [6, 6.07) is 9.52. The van der Waals surface area contributed by atoms with Crippen molar-refractivity contribution in [3.8, 4) is 0 Å². The third-order valence-corrected chi connectivity index (χ3v) is 5.04. The fourth-order valence-electron chi connectivity index (χ4n) is 3.63. The summed E-state index contributed by atoms with van der Waals surface area (Å²) in [4.78, 5) is 25.9. The summed E-state index contributed by atoms with van der Waals surface area (Å²) < 4.78 is 0. The monoisotopic (exact) mass is 350 g/mol. The molecule has 2 fully saturated rings. The van der Waals surface area contributed by atoms with E-state index >= 15 is 0 Å². The second kappa shape index (κ2) is 7.81. The maximum atomic E-state index is 12.4. The number of carbonyl (C=O) groups is 2. The van der Waals surface area contributed by atoms with E-state index in [1.165, 1.54) is 0 Å². The zero-order valence-electron chi connectivity index (χ0n) is 13.5. The van der Waals surface area contributed by atoms with Crippen LogP contribution in [0, 0.1) is 5.41 Å². The summed E-state index contributed by atoms with van der Waals surface area (Å²) >= 11 is 0. The minimum absolute atomic E-state index is 0. The molecule has 2 atom stereocenters. The van der Waals surface area contributed by atoms with E-state index in [2.05, 4.69) is 5.32 Å². The largest absolute Gasteiger partial charge is 0.481 e. The van der Waals surface area contributed by atoms with Gasteiger partial charge in [0.2, 0.25) is 5.91 Å². The molecule has 130 valence electrons. The topological polar surface area (TPSA) is 69.6 Å². The molecule has 2 saturated heterocycles. The maximum absolute atomic E-state index is 12.4. The predicted molar refractivity (Wildman–Crippen MR) is 95.0 cm³/mol. The van der Waals surface area contributed by atoms with Gasteiger partial charge in [0.1, 0.15) is 0 Å². The van der Waals surface area contributed by atoms with Gasteiger partial charge in [0.05, 0.1) is 5.41 Å². The van der Waals surface area contributed by atoms with E-state index in [1.54, 1.807) is 17.1 Å². The van der Waals surface area contributed by atoms with E-state index in [9.17, 15) is 14.7 Å². The lowest BCUT2D eigenvalue weighted by atomic mass is 9.69. The van der Waals surface area contributed by atoms with Crippen molar-refractivity contribution >= 4 is 30.4 Å². The summed E-state index contributed by atoms with van der Waals surface area (Å²) in [5, 5.41) is 12.9. The fourth-order valence-corrected chi connectivity index (χ4v) is 3.63. The number of rotatable bonds is 3. The first-order chi connectivity index (χ1) is 11.1. The number of piperidine rings is 2. The molecule has 0 saturated carbocycles. The van der Waals surface area contributed by atoms with Gasteiger partial charge in [0.15, 0.2) is 0 Å². The number of halogens is 1. The van der Waals surface area contributed by atoms with Crippen LogP contribution in [0.5, 0.6) is 0 Å². The van der Waals surface area contributed by atoms with Gasteiger partial charge in [-0.3, -0.25) is 9.59 Å². The van der Waals surface area contributed by atoms with Crippen LogP contribution in [0.3, 0.4) is 0 Å². The van der Waals surface area contributed by atoms with Crippen LogP contribution >= 0.6 is 12.4 Å². The van der Waals surface area contributed by atoms with E-state index in [-0.39, 0.29) is 24.4 Å². The van der Waals surface area contributed by atoms with Crippen molar-refractivity contribution < 1.29 is 14.7 Å². The van der Waals surface area contributed by atoms with E-state index in [1.807, 2.05) is 30.3 Å². The standard InChI is InChI=1S/C18H22N2O3.ClH/c21-16(8-7-14-5-2-1-3-6-14)20-12-10-18(17(22)23)9-4-11-19-15(18)13-20;/h1-3,5-8,15,19H,4,9-13H2,(H,22,23);1H/t15-,18+;/m1./s1. The molecule has 1 amide bonds. The van der Waals surface area contributed by atoms with Crippen LogP contribution in [0.15, 0.2) is 36.4 Å². The second-order valence-corrected chi connectivity index (χ2v) is 6.35. The first-order valence-corrected chi connectivity index (χ1v) is 8.11. The van der Waals surface area contributed by atoms with Gasteiger partial charge in [-0.2, -0.15) is 0 Å². The van der Waals surface area contributed by atoms with Gasteiger partial charge in [-0.25, -0.2) is 0 Å². The lowest BCUT2D eigenvalue weighted by Gasteiger charge is -2.48. The van der Waals surface area contributed by atoms with Crippen molar-refractivity contribution in [2.24, 2.45) is 5.41 Å².